The van der Waals surface area contributed by atoms with Crippen LogP contribution in [-0.4, -0.2) is 57.1 Å². The number of aryl methyl sites for hydroxylation is 1. The lowest BCUT2D eigenvalue weighted by atomic mass is 10.1. The predicted octanol–water partition coefficient (Wildman–Crippen LogP) is 4.37. The van der Waals surface area contributed by atoms with Crippen LogP contribution in [0, 0.1) is 0 Å². The molecule has 1 N–H and O–H groups in total. The van der Waals surface area contributed by atoms with Gasteiger partial charge in [0.2, 0.25) is 0 Å². The number of thiophene rings is 1. The quantitative estimate of drug-likeness (QED) is 0.356. The Kier molecular flexibility index (Phi) is 6.55. The molecule has 1 fully saturated rings. The van der Waals surface area contributed by atoms with Crippen LogP contribution in [0.25, 0.3) is 22.2 Å². The number of amides is 1. The van der Waals surface area contributed by atoms with Gasteiger partial charge in [-0.2, -0.15) is 0 Å². The zero-order valence-corrected chi connectivity index (χ0v) is 22.0. The Morgan fingerprint density at radius 1 is 0.974 bits per heavy atom. The lowest BCUT2D eigenvalue weighted by Crippen LogP contribution is -2.40. The average molecular weight is 540 g/mol. The van der Waals surface area contributed by atoms with Gasteiger partial charge in [0, 0.05) is 54.7 Å². The van der Waals surface area contributed by atoms with Crippen molar-refractivity contribution in [2.45, 2.75) is 0 Å². The minimum Gasteiger partial charge on any atom is -0.378 e. The summed E-state index contributed by atoms with van der Waals surface area (Å²) in [4.78, 5) is 45.8. The summed E-state index contributed by atoms with van der Waals surface area (Å²) in [7, 11) is 1.68. The first kappa shape index (κ1) is 24.8. The number of ether oxygens (including phenoxy) is 1. The fourth-order valence-electron chi connectivity index (χ4n) is 4.69. The molecular weight excluding hydrogens is 514 g/mol. The maximum absolute atomic E-state index is 13.0. The number of nitrogens with zero attached hydrogens (tertiary/aromatic N) is 4. The Bertz CT molecular complexity index is 1730. The molecule has 9 nitrogen and oxygen atoms in total. The number of carbonyl (C=O) groups excluding carboxylic acids is 2. The molecule has 6 rings (SSSR count). The van der Waals surface area contributed by atoms with Crippen molar-refractivity contribution in [3.05, 3.63) is 99.2 Å². The summed E-state index contributed by atoms with van der Waals surface area (Å²) >= 11 is 1.40. The summed E-state index contributed by atoms with van der Waals surface area (Å²) < 4.78 is 8.44. The number of nitrogens with one attached hydrogen (secondary N) is 1. The first-order valence-electron chi connectivity index (χ1n) is 12.5. The molecule has 3 aromatic heterocycles. The smallest absolute Gasteiger partial charge is 0.293 e. The molecule has 0 bridgehead atoms. The van der Waals surface area contributed by atoms with Gasteiger partial charge >= 0.3 is 0 Å². The van der Waals surface area contributed by atoms with Gasteiger partial charge in [0.25, 0.3) is 17.4 Å². The zero-order chi connectivity index (χ0) is 26.9. The molecule has 1 aliphatic rings. The van der Waals surface area contributed by atoms with Crippen LogP contribution in [0.3, 0.4) is 0 Å². The van der Waals surface area contributed by atoms with E-state index in [1.807, 2.05) is 35.7 Å². The van der Waals surface area contributed by atoms with Gasteiger partial charge in [-0.1, -0.05) is 18.2 Å². The van der Waals surface area contributed by atoms with Gasteiger partial charge in [-0.05, 0) is 47.8 Å². The standard InChI is InChI=1S/C29H25N5O4S/c1-32-18-23(21-4-2-5-24-22(21)11-12-34(24)28(36)25-6-3-17-39-25)31-26(29(32)37)30-20-9-7-19(8-10-20)27(35)33-13-15-38-16-14-33/h2-12,17-18H,13-16H2,1H3,(H,30,31). The molecular formula is C29H25N5O4S. The number of rotatable bonds is 5. The monoisotopic (exact) mass is 539 g/mol. The number of hydrogen-bond acceptors (Lipinski definition) is 7. The summed E-state index contributed by atoms with van der Waals surface area (Å²) in [5.74, 6) is 0.0234. The summed E-state index contributed by atoms with van der Waals surface area (Å²) in [6, 6.07) is 18.2. The number of anilines is 2. The minimum atomic E-state index is -0.287. The first-order chi connectivity index (χ1) is 19.0. The topological polar surface area (TPSA) is 98.5 Å². The van der Waals surface area contributed by atoms with E-state index in [1.54, 1.807) is 59.2 Å². The van der Waals surface area contributed by atoms with E-state index in [1.165, 1.54) is 15.9 Å². The Labute approximate surface area is 227 Å². The molecule has 39 heavy (non-hydrogen) atoms. The van der Waals surface area contributed by atoms with Gasteiger partial charge in [-0.15, -0.1) is 11.3 Å². The van der Waals surface area contributed by atoms with Crippen molar-refractivity contribution in [3.8, 4) is 11.3 Å². The molecule has 2 aromatic carbocycles. The molecule has 0 aliphatic carbocycles. The molecule has 1 amide bonds. The lowest BCUT2D eigenvalue weighted by Gasteiger charge is -2.26. The van der Waals surface area contributed by atoms with Crippen LogP contribution in [-0.2, 0) is 11.8 Å². The number of morpholine rings is 1. The normalized spacial score (nSPS) is 13.5. The number of carbonyl (C=O) groups is 2. The van der Waals surface area contributed by atoms with Gasteiger partial charge in [0.05, 0.1) is 29.3 Å². The van der Waals surface area contributed by atoms with Crippen molar-refractivity contribution < 1.29 is 14.3 Å². The van der Waals surface area contributed by atoms with Gasteiger partial charge < -0.3 is 19.5 Å². The van der Waals surface area contributed by atoms with Crippen LogP contribution >= 0.6 is 11.3 Å². The highest BCUT2D eigenvalue weighted by Crippen LogP contribution is 2.29. The lowest BCUT2D eigenvalue weighted by molar-refractivity contribution is 0.0303. The van der Waals surface area contributed by atoms with Crippen molar-refractivity contribution in [1.82, 2.24) is 19.0 Å². The van der Waals surface area contributed by atoms with E-state index in [0.717, 1.165) is 16.5 Å². The number of hydrogen-bond donors (Lipinski definition) is 1. The molecule has 0 spiro atoms. The summed E-state index contributed by atoms with van der Waals surface area (Å²) in [6.07, 6.45) is 3.45. The molecule has 10 heteroatoms. The van der Waals surface area contributed by atoms with E-state index in [-0.39, 0.29) is 23.2 Å². The van der Waals surface area contributed by atoms with Crippen LogP contribution in [0.1, 0.15) is 20.0 Å². The highest BCUT2D eigenvalue weighted by Gasteiger charge is 2.19. The Balaban J connectivity index is 1.30. The molecule has 0 unspecified atom stereocenters. The molecule has 1 saturated heterocycles. The second-order valence-electron chi connectivity index (χ2n) is 9.20. The summed E-state index contributed by atoms with van der Waals surface area (Å²) in [5, 5.41) is 5.84. The Morgan fingerprint density at radius 3 is 2.51 bits per heavy atom. The van der Waals surface area contributed by atoms with Crippen molar-refractivity contribution in [2.24, 2.45) is 7.05 Å². The summed E-state index contributed by atoms with van der Waals surface area (Å²) in [5.41, 5.74) is 3.08. The van der Waals surface area contributed by atoms with Gasteiger partial charge in [0.1, 0.15) is 0 Å². The molecule has 4 heterocycles. The van der Waals surface area contributed by atoms with E-state index in [4.69, 9.17) is 4.74 Å². The van der Waals surface area contributed by atoms with E-state index in [9.17, 15) is 14.4 Å². The van der Waals surface area contributed by atoms with Crippen LogP contribution < -0.4 is 10.9 Å². The second kappa shape index (κ2) is 10.3. The molecule has 196 valence electrons. The number of benzene rings is 2. The van der Waals surface area contributed by atoms with Crippen LogP contribution in [0.4, 0.5) is 11.5 Å². The van der Waals surface area contributed by atoms with Gasteiger partial charge in [-0.25, -0.2) is 4.98 Å². The fourth-order valence-corrected chi connectivity index (χ4v) is 5.35. The largest absolute Gasteiger partial charge is 0.378 e. The third-order valence-electron chi connectivity index (χ3n) is 6.72. The average Bonchev–Trinajstić information content (AvgIpc) is 3.66. The molecule has 0 radical (unpaired) electrons. The molecule has 0 saturated carbocycles. The van der Waals surface area contributed by atoms with Gasteiger partial charge in [0.15, 0.2) is 5.82 Å². The van der Waals surface area contributed by atoms with Crippen molar-refractivity contribution >= 4 is 45.6 Å². The van der Waals surface area contributed by atoms with E-state index >= 15 is 0 Å². The second-order valence-corrected chi connectivity index (χ2v) is 10.2. The predicted molar refractivity (Wildman–Crippen MR) is 151 cm³/mol. The van der Waals surface area contributed by atoms with Crippen LogP contribution in [0.2, 0.25) is 0 Å². The van der Waals surface area contributed by atoms with Crippen LogP contribution in [0.5, 0.6) is 0 Å². The SMILES string of the molecule is Cn1cc(-c2cccc3c2ccn3C(=O)c2cccs2)nc(Nc2ccc(C(=O)N3CCOCC3)cc2)c1=O. The third-order valence-corrected chi connectivity index (χ3v) is 7.58. The number of fused-ring (bicyclic) bond motifs is 1. The van der Waals surface area contributed by atoms with Crippen LogP contribution in [0.15, 0.2) is 83.2 Å². The Morgan fingerprint density at radius 2 is 1.77 bits per heavy atom. The molecule has 5 aromatic rings. The highest BCUT2D eigenvalue weighted by atomic mass is 32.1. The molecule has 0 atom stereocenters. The van der Waals surface area contributed by atoms with E-state index in [0.29, 0.717) is 48.1 Å². The van der Waals surface area contributed by atoms with Crippen molar-refractivity contribution in [2.75, 3.05) is 31.6 Å². The first-order valence-corrected chi connectivity index (χ1v) is 13.4. The zero-order valence-electron chi connectivity index (χ0n) is 21.2. The maximum atomic E-state index is 13.0. The Hall–Kier alpha value is -4.54. The minimum absolute atomic E-state index is 0.0431. The van der Waals surface area contributed by atoms with Crippen molar-refractivity contribution in [3.63, 3.8) is 0 Å². The van der Waals surface area contributed by atoms with Gasteiger partial charge in [-0.3, -0.25) is 19.0 Å². The maximum Gasteiger partial charge on any atom is 0.293 e. The fraction of sp³-hybridized carbons (Fsp3) is 0.172. The highest BCUT2D eigenvalue weighted by molar-refractivity contribution is 7.12. The van der Waals surface area contributed by atoms with Crippen molar-refractivity contribution in [1.29, 1.82) is 0 Å². The van der Waals surface area contributed by atoms with E-state index in [2.05, 4.69) is 10.3 Å². The summed E-state index contributed by atoms with van der Waals surface area (Å²) in [6.45, 7) is 2.23. The number of aromatic nitrogens is 3. The molecule has 1 aliphatic heterocycles. The van der Waals surface area contributed by atoms with E-state index < -0.39 is 0 Å². The third kappa shape index (κ3) is 4.75.